The highest BCUT2D eigenvalue weighted by Gasteiger charge is 2.28. The summed E-state index contributed by atoms with van der Waals surface area (Å²) in [5.41, 5.74) is 3.11. The molecule has 4 rings (SSSR count). The van der Waals surface area contributed by atoms with Crippen LogP contribution >= 0.6 is 11.3 Å². The standard InChI is InChI=1S/C25H25N3O3S/c1-2-3-12-31-25(30)22-19-9-5-7-11-21(19)32-24(22)28-23(29)16(14-26)13-17-15-27-20-10-6-4-8-18(17)20/h4,6,8,10,13,15,27H,2-3,5,7,9,11-12H2,1H3,(H,28,29). The topological polar surface area (TPSA) is 95.0 Å². The fourth-order valence-electron chi connectivity index (χ4n) is 3.94. The first-order valence-corrected chi connectivity index (χ1v) is 11.7. The Labute approximate surface area is 190 Å². The number of hydrogen-bond acceptors (Lipinski definition) is 5. The quantitative estimate of drug-likeness (QED) is 0.213. The van der Waals surface area contributed by atoms with Crippen LogP contribution in [0.5, 0.6) is 0 Å². The lowest BCUT2D eigenvalue weighted by molar-refractivity contribution is -0.112. The molecular weight excluding hydrogens is 422 g/mol. The Bertz CT molecular complexity index is 1230. The summed E-state index contributed by atoms with van der Waals surface area (Å²) in [6.45, 7) is 2.40. The van der Waals surface area contributed by atoms with Gasteiger partial charge in [0.05, 0.1) is 12.2 Å². The normalized spacial score (nSPS) is 13.4. The van der Waals surface area contributed by atoms with Crippen molar-refractivity contribution in [3.8, 4) is 6.07 Å². The first kappa shape index (κ1) is 21.8. The number of H-pyrrole nitrogens is 1. The van der Waals surface area contributed by atoms with Crippen molar-refractivity contribution in [2.45, 2.75) is 45.4 Å². The van der Waals surface area contributed by atoms with Crippen LogP contribution in [0.15, 0.2) is 36.0 Å². The highest BCUT2D eigenvalue weighted by atomic mass is 32.1. The number of rotatable bonds is 7. The average molecular weight is 448 g/mol. The number of para-hydroxylation sites is 1. The zero-order chi connectivity index (χ0) is 22.5. The molecule has 2 heterocycles. The summed E-state index contributed by atoms with van der Waals surface area (Å²) in [6.07, 6.45) is 8.84. The van der Waals surface area contributed by atoms with Crippen LogP contribution in [0.25, 0.3) is 17.0 Å². The molecule has 164 valence electrons. The van der Waals surface area contributed by atoms with E-state index in [1.54, 1.807) is 12.3 Å². The van der Waals surface area contributed by atoms with Crippen LogP contribution in [-0.4, -0.2) is 23.5 Å². The van der Waals surface area contributed by atoms with E-state index in [1.807, 2.05) is 37.3 Å². The summed E-state index contributed by atoms with van der Waals surface area (Å²) in [7, 11) is 0. The van der Waals surface area contributed by atoms with Gasteiger partial charge in [0.2, 0.25) is 0 Å². The fourth-order valence-corrected chi connectivity index (χ4v) is 5.21. The molecule has 0 spiro atoms. The molecule has 7 heteroatoms. The minimum absolute atomic E-state index is 0.0218. The number of aromatic nitrogens is 1. The summed E-state index contributed by atoms with van der Waals surface area (Å²) in [5.74, 6) is -0.925. The molecule has 2 N–H and O–H groups in total. The number of benzene rings is 1. The van der Waals surface area contributed by atoms with Gasteiger partial charge >= 0.3 is 5.97 Å². The van der Waals surface area contributed by atoms with E-state index in [0.29, 0.717) is 17.2 Å². The molecule has 0 aliphatic heterocycles. The maximum absolute atomic E-state index is 13.0. The molecule has 1 amide bonds. The molecule has 1 aromatic carbocycles. The molecule has 6 nitrogen and oxygen atoms in total. The third-order valence-corrected chi connectivity index (χ3v) is 6.83. The monoisotopic (exact) mass is 447 g/mol. The van der Waals surface area contributed by atoms with Gasteiger partial charge in [0.1, 0.15) is 16.6 Å². The Morgan fingerprint density at radius 3 is 2.91 bits per heavy atom. The van der Waals surface area contributed by atoms with Crippen molar-refractivity contribution in [1.82, 2.24) is 4.98 Å². The van der Waals surface area contributed by atoms with Gasteiger partial charge in [-0.2, -0.15) is 5.26 Å². The lowest BCUT2D eigenvalue weighted by Crippen LogP contribution is -2.17. The maximum atomic E-state index is 13.0. The molecule has 0 saturated carbocycles. The number of nitrogens with zero attached hydrogens (tertiary/aromatic N) is 1. The largest absolute Gasteiger partial charge is 0.462 e. The van der Waals surface area contributed by atoms with Crippen molar-refractivity contribution in [3.63, 3.8) is 0 Å². The van der Waals surface area contributed by atoms with Crippen LogP contribution in [-0.2, 0) is 22.4 Å². The van der Waals surface area contributed by atoms with Gasteiger partial charge in [-0.05, 0) is 49.8 Å². The second-order valence-electron chi connectivity index (χ2n) is 7.82. The highest BCUT2D eigenvalue weighted by molar-refractivity contribution is 7.17. The number of nitrogens with one attached hydrogen (secondary N) is 2. The van der Waals surface area contributed by atoms with Gasteiger partial charge in [-0.25, -0.2) is 4.79 Å². The smallest absolute Gasteiger partial charge is 0.341 e. The van der Waals surface area contributed by atoms with Gasteiger partial charge in [0.15, 0.2) is 0 Å². The second-order valence-corrected chi connectivity index (χ2v) is 8.92. The number of carbonyl (C=O) groups excluding carboxylic acids is 2. The van der Waals surface area contributed by atoms with Crippen molar-refractivity contribution in [2.75, 3.05) is 11.9 Å². The number of anilines is 1. The van der Waals surface area contributed by atoms with Crippen LogP contribution in [0.4, 0.5) is 5.00 Å². The van der Waals surface area contributed by atoms with E-state index in [9.17, 15) is 14.9 Å². The first-order chi connectivity index (χ1) is 15.6. The number of esters is 1. The van der Waals surface area contributed by atoms with Gasteiger partial charge in [0.25, 0.3) is 5.91 Å². The number of unbranched alkanes of at least 4 members (excludes halogenated alkanes) is 1. The summed E-state index contributed by atoms with van der Waals surface area (Å²) in [5, 5.41) is 13.9. The lowest BCUT2D eigenvalue weighted by Gasteiger charge is -2.12. The zero-order valence-electron chi connectivity index (χ0n) is 18.0. The zero-order valence-corrected chi connectivity index (χ0v) is 18.8. The van der Waals surface area contributed by atoms with Crippen LogP contribution < -0.4 is 5.32 Å². The fraction of sp³-hybridized carbons (Fsp3) is 0.320. The Morgan fingerprint density at radius 1 is 1.28 bits per heavy atom. The minimum Gasteiger partial charge on any atom is -0.462 e. The highest BCUT2D eigenvalue weighted by Crippen LogP contribution is 2.39. The number of fused-ring (bicyclic) bond motifs is 2. The van der Waals surface area contributed by atoms with Gasteiger partial charge < -0.3 is 15.0 Å². The van der Waals surface area contributed by atoms with Crippen LogP contribution in [0, 0.1) is 11.3 Å². The predicted molar refractivity (Wildman–Crippen MR) is 127 cm³/mol. The summed E-state index contributed by atoms with van der Waals surface area (Å²) in [6, 6.07) is 9.70. The molecule has 1 aliphatic rings. The van der Waals surface area contributed by atoms with Crippen molar-refractivity contribution < 1.29 is 14.3 Å². The minimum atomic E-state index is -0.529. The predicted octanol–water partition coefficient (Wildman–Crippen LogP) is 5.61. The van der Waals surface area contributed by atoms with E-state index in [2.05, 4.69) is 10.3 Å². The van der Waals surface area contributed by atoms with Crippen LogP contribution in [0.3, 0.4) is 0 Å². The summed E-state index contributed by atoms with van der Waals surface area (Å²) < 4.78 is 5.47. The summed E-state index contributed by atoms with van der Waals surface area (Å²) >= 11 is 1.42. The van der Waals surface area contributed by atoms with E-state index in [0.717, 1.165) is 65.4 Å². The Kier molecular flexibility index (Phi) is 6.72. The molecule has 0 radical (unpaired) electrons. The van der Waals surface area contributed by atoms with E-state index in [-0.39, 0.29) is 5.57 Å². The molecule has 3 aromatic rings. The number of carbonyl (C=O) groups is 2. The number of nitriles is 1. The second kappa shape index (κ2) is 9.84. The van der Waals surface area contributed by atoms with E-state index < -0.39 is 11.9 Å². The number of aromatic amines is 1. The summed E-state index contributed by atoms with van der Waals surface area (Å²) in [4.78, 5) is 30.1. The van der Waals surface area contributed by atoms with Crippen molar-refractivity contribution >= 4 is 45.2 Å². The van der Waals surface area contributed by atoms with E-state index in [4.69, 9.17) is 4.74 Å². The first-order valence-electron chi connectivity index (χ1n) is 10.9. The molecule has 0 atom stereocenters. The molecular formula is C25H25N3O3S. The SMILES string of the molecule is CCCCOC(=O)c1c(NC(=O)C(C#N)=Cc2c[nH]c3ccccc23)sc2c1CCCC2. The third-order valence-electron chi connectivity index (χ3n) is 5.62. The Hall–Kier alpha value is -3.37. The van der Waals surface area contributed by atoms with E-state index >= 15 is 0 Å². The van der Waals surface area contributed by atoms with Crippen molar-refractivity contribution in [2.24, 2.45) is 0 Å². The number of hydrogen-bond donors (Lipinski definition) is 2. The van der Waals surface area contributed by atoms with Gasteiger partial charge in [-0.3, -0.25) is 4.79 Å². The van der Waals surface area contributed by atoms with Crippen LogP contribution in [0.2, 0.25) is 0 Å². The maximum Gasteiger partial charge on any atom is 0.341 e. The van der Waals surface area contributed by atoms with Crippen molar-refractivity contribution in [1.29, 1.82) is 5.26 Å². The Morgan fingerprint density at radius 2 is 2.09 bits per heavy atom. The number of ether oxygens (including phenoxy) is 1. The van der Waals surface area contributed by atoms with Gasteiger partial charge in [0, 0.05) is 27.5 Å². The molecule has 0 bridgehead atoms. The number of aryl methyl sites for hydroxylation is 1. The number of amides is 1. The molecule has 0 saturated heterocycles. The van der Waals surface area contributed by atoms with Gasteiger partial charge in [-0.15, -0.1) is 11.3 Å². The Balaban J connectivity index is 1.62. The lowest BCUT2D eigenvalue weighted by atomic mass is 9.95. The van der Waals surface area contributed by atoms with E-state index in [1.165, 1.54) is 11.3 Å². The molecule has 0 unspecified atom stereocenters. The molecule has 1 aliphatic carbocycles. The van der Waals surface area contributed by atoms with Crippen molar-refractivity contribution in [3.05, 3.63) is 57.6 Å². The third kappa shape index (κ3) is 4.46. The van der Waals surface area contributed by atoms with Gasteiger partial charge in [-0.1, -0.05) is 31.5 Å². The molecule has 32 heavy (non-hydrogen) atoms. The number of thiophene rings is 1. The molecule has 0 fully saturated rings. The average Bonchev–Trinajstić information content (AvgIpc) is 3.38. The van der Waals surface area contributed by atoms with Crippen LogP contribution in [0.1, 0.15) is 59.0 Å². The molecule has 2 aromatic heterocycles.